The molecule has 0 atom stereocenters. The van der Waals surface area contributed by atoms with Crippen molar-refractivity contribution in [3.05, 3.63) is 63.8 Å². The average molecular weight is 489 g/mol. The number of benzene rings is 2. The number of nitrogens with zero attached hydrogens (tertiary/aromatic N) is 1. The highest BCUT2D eigenvalue weighted by Gasteiger charge is 2.36. The van der Waals surface area contributed by atoms with Gasteiger partial charge in [-0.2, -0.15) is 13.2 Å². The summed E-state index contributed by atoms with van der Waals surface area (Å²) in [4.78, 5) is -0.0402. The minimum absolute atomic E-state index is 0.0402. The van der Waals surface area contributed by atoms with E-state index in [0.717, 1.165) is 11.6 Å². The van der Waals surface area contributed by atoms with Gasteiger partial charge in [-0.3, -0.25) is 4.72 Å². The first-order valence-corrected chi connectivity index (χ1v) is 10.7. The molecule has 1 N–H and O–H groups in total. The van der Waals surface area contributed by atoms with Crippen LogP contribution in [0, 0.1) is 6.92 Å². The minimum atomic E-state index is -4.68. The highest BCUT2D eigenvalue weighted by Crippen LogP contribution is 2.34. The lowest BCUT2D eigenvalue weighted by Gasteiger charge is -2.14. The molecule has 0 unspecified atom stereocenters. The Labute approximate surface area is 174 Å². The van der Waals surface area contributed by atoms with Gasteiger partial charge in [0.05, 0.1) is 10.6 Å². The van der Waals surface area contributed by atoms with E-state index in [-0.39, 0.29) is 16.2 Å². The fourth-order valence-corrected chi connectivity index (χ4v) is 4.84. The highest BCUT2D eigenvalue weighted by atomic mass is 79.9. The molecule has 0 aliphatic rings. The summed E-state index contributed by atoms with van der Waals surface area (Å²) in [6, 6.07) is 10.2. The smallest absolute Gasteiger partial charge is 0.351 e. The van der Waals surface area contributed by atoms with Crippen LogP contribution in [-0.4, -0.2) is 13.6 Å². The summed E-state index contributed by atoms with van der Waals surface area (Å²) in [6.45, 7) is 3.66. The number of hydrogen-bond acceptors (Lipinski definition) is 4. The lowest BCUT2D eigenvalue weighted by atomic mass is 10.1. The molecule has 2 aromatic carbocycles. The Morgan fingerprint density at radius 1 is 1.14 bits per heavy atom. The summed E-state index contributed by atoms with van der Waals surface area (Å²) in [7, 11) is -4.00. The summed E-state index contributed by atoms with van der Waals surface area (Å²) in [6.07, 6.45) is -4.26. The van der Waals surface area contributed by atoms with Crippen LogP contribution in [0.1, 0.15) is 23.8 Å². The quantitative estimate of drug-likeness (QED) is 0.492. The zero-order chi connectivity index (χ0) is 21.4. The Morgan fingerprint density at radius 3 is 2.45 bits per heavy atom. The molecule has 154 valence electrons. The Hall–Kier alpha value is -2.33. The normalized spacial score (nSPS) is 12.2. The van der Waals surface area contributed by atoms with Gasteiger partial charge in [-0.05, 0) is 58.6 Å². The van der Waals surface area contributed by atoms with Crippen molar-refractivity contribution in [1.29, 1.82) is 0 Å². The van der Waals surface area contributed by atoms with E-state index in [2.05, 4.69) is 30.3 Å². The second-order valence-electron chi connectivity index (χ2n) is 6.34. The Bertz CT molecular complexity index is 1160. The van der Waals surface area contributed by atoms with Crippen LogP contribution in [-0.2, 0) is 22.6 Å². The maximum Gasteiger partial charge on any atom is 0.452 e. The van der Waals surface area contributed by atoms with Crippen LogP contribution in [0.3, 0.4) is 0 Å². The number of anilines is 1. The van der Waals surface area contributed by atoms with E-state index in [1.807, 2.05) is 6.92 Å². The highest BCUT2D eigenvalue weighted by molar-refractivity contribution is 9.10. The van der Waals surface area contributed by atoms with E-state index < -0.39 is 22.0 Å². The lowest BCUT2D eigenvalue weighted by molar-refractivity contribution is -0.155. The number of sulfonamides is 1. The van der Waals surface area contributed by atoms with E-state index >= 15 is 0 Å². The predicted octanol–water partition coefficient (Wildman–Crippen LogP) is 5.79. The molecule has 1 aromatic heterocycles. The van der Waals surface area contributed by atoms with Crippen molar-refractivity contribution in [2.24, 2.45) is 0 Å². The molecule has 1 heterocycles. The summed E-state index contributed by atoms with van der Waals surface area (Å²) < 4.78 is 71.8. The number of aryl methyl sites for hydroxylation is 2. The monoisotopic (exact) mass is 488 g/mol. The van der Waals surface area contributed by atoms with Gasteiger partial charge >= 0.3 is 6.18 Å². The topological polar surface area (TPSA) is 72.2 Å². The van der Waals surface area contributed by atoms with Crippen molar-refractivity contribution in [3.63, 3.8) is 0 Å². The number of alkyl halides is 3. The maximum absolute atomic E-state index is 13.0. The van der Waals surface area contributed by atoms with Gasteiger partial charge < -0.3 is 4.52 Å². The van der Waals surface area contributed by atoms with Crippen LogP contribution in [0.4, 0.5) is 18.9 Å². The Balaban J connectivity index is 2.03. The molecule has 3 aromatic rings. The molecule has 0 bridgehead atoms. The van der Waals surface area contributed by atoms with Gasteiger partial charge in [-0.1, -0.05) is 30.3 Å². The zero-order valence-electron chi connectivity index (χ0n) is 15.3. The number of nitrogens with one attached hydrogen (secondary N) is 1. The van der Waals surface area contributed by atoms with Crippen molar-refractivity contribution in [2.45, 2.75) is 31.3 Å². The van der Waals surface area contributed by atoms with Crippen molar-refractivity contribution in [2.75, 3.05) is 4.72 Å². The van der Waals surface area contributed by atoms with Crippen molar-refractivity contribution < 1.29 is 26.1 Å². The van der Waals surface area contributed by atoms with Crippen LogP contribution in [0.2, 0.25) is 0 Å². The molecular weight excluding hydrogens is 473 g/mol. The van der Waals surface area contributed by atoms with Gasteiger partial charge in [0.1, 0.15) is 5.69 Å². The Morgan fingerprint density at radius 2 is 1.86 bits per heavy atom. The molecule has 5 nitrogen and oxygen atoms in total. The number of hydrogen-bond donors (Lipinski definition) is 1. The predicted molar refractivity (Wildman–Crippen MR) is 106 cm³/mol. The van der Waals surface area contributed by atoms with Gasteiger partial charge in [0.2, 0.25) is 5.76 Å². The van der Waals surface area contributed by atoms with Gasteiger partial charge in [0, 0.05) is 16.1 Å². The molecule has 0 aliphatic heterocycles. The third-order valence-corrected chi connectivity index (χ3v) is 6.30. The zero-order valence-corrected chi connectivity index (χ0v) is 17.7. The summed E-state index contributed by atoms with van der Waals surface area (Å²) >= 11 is 3.32. The maximum atomic E-state index is 13.0. The molecular formula is C19H16BrF3N2O3S. The first-order valence-electron chi connectivity index (χ1n) is 8.47. The van der Waals surface area contributed by atoms with Gasteiger partial charge in [-0.25, -0.2) is 8.42 Å². The molecule has 0 saturated heterocycles. The van der Waals surface area contributed by atoms with Crippen LogP contribution in [0.25, 0.3) is 11.3 Å². The second kappa shape index (κ2) is 7.83. The molecule has 10 heteroatoms. The first-order chi connectivity index (χ1) is 13.5. The van der Waals surface area contributed by atoms with Crippen molar-refractivity contribution >= 4 is 31.6 Å². The van der Waals surface area contributed by atoms with Crippen LogP contribution in [0.15, 0.2) is 56.4 Å². The third-order valence-electron chi connectivity index (χ3n) is 4.19. The van der Waals surface area contributed by atoms with E-state index in [1.165, 1.54) is 12.1 Å². The molecule has 0 spiro atoms. The molecule has 0 fully saturated rings. The molecule has 0 radical (unpaired) electrons. The lowest BCUT2D eigenvalue weighted by Crippen LogP contribution is -2.15. The number of halogens is 4. The average Bonchev–Trinajstić information content (AvgIpc) is 3.14. The van der Waals surface area contributed by atoms with E-state index in [9.17, 15) is 21.6 Å². The van der Waals surface area contributed by atoms with E-state index in [0.29, 0.717) is 22.1 Å². The van der Waals surface area contributed by atoms with Crippen molar-refractivity contribution in [1.82, 2.24) is 5.16 Å². The SMILES string of the molecule is CCc1ccc(-c2cc(C(F)(F)F)on2)cc1S(=O)(=O)Nc1ccc(C)cc1Br. The molecule has 0 aliphatic carbocycles. The molecule has 3 rings (SSSR count). The minimum Gasteiger partial charge on any atom is -0.351 e. The van der Waals surface area contributed by atoms with Crippen LogP contribution < -0.4 is 4.72 Å². The Kier molecular flexibility index (Phi) is 5.77. The number of aromatic nitrogens is 1. The fraction of sp³-hybridized carbons (Fsp3) is 0.211. The van der Waals surface area contributed by atoms with E-state index in [1.54, 1.807) is 31.2 Å². The molecule has 0 amide bonds. The van der Waals surface area contributed by atoms with Gasteiger partial charge in [-0.15, -0.1) is 0 Å². The molecule has 29 heavy (non-hydrogen) atoms. The molecule has 0 saturated carbocycles. The second-order valence-corrected chi connectivity index (χ2v) is 8.84. The standard InChI is InChI=1S/C19H16BrF3N2O3S/c1-3-12-5-6-13(16-10-18(28-24-16)19(21,22)23)9-17(12)29(26,27)25-15-7-4-11(2)8-14(15)20/h4-10,25H,3H2,1-2H3. The number of rotatable bonds is 5. The van der Waals surface area contributed by atoms with Gasteiger partial charge in [0.15, 0.2) is 0 Å². The summed E-state index contributed by atoms with van der Waals surface area (Å²) in [5.41, 5.74) is 1.91. The third kappa shape index (κ3) is 4.64. The van der Waals surface area contributed by atoms with Crippen LogP contribution in [0.5, 0.6) is 0 Å². The summed E-state index contributed by atoms with van der Waals surface area (Å²) in [5.74, 6) is -1.25. The fourth-order valence-electron chi connectivity index (χ4n) is 2.70. The van der Waals surface area contributed by atoms with E-state index in [4.69, 9.17) is 0 Å². The first kappa shape index (κ1) is 21.4. The van der Waals surface area contributed by atoms with Gasteiger partial charge in [0.25, 0.3) is 10.0 Å². The van der Waals surface area contributed by atoms with Crippen LogP contribution >= 0.6 is 15.9 Å². The summed E-state index contributed by atoms with van der Waals surface area (Å²) in [5, 5.41) is 3.42. The van der Waals surface area contributed by atoms with Crippen molar-refractivity contribution in [3.8, 4) is 11.3 Å². The largest absolute Gasteiger partial charge is 0.452 e.